The summed E-state index contributed by atoms with van der Waals surface area (Å²) < 4.78 is 28.7. The van der Waals surface area contributed by atoms with Gasteiger partial charge in [-0.15, -0.1) is 11.3 Å². The molecular formula is C18H14F2N2O3S. The number of rotatable bonds is 5. The Morgan fingerprint density at radius 3 is 2.69 bits per heavy atom. The van der Waals surface area contributed by atoms with E-state index in [1.54, 1.807) is 4.57 Å². The molecule has 1 aliphatic rings. The van der Waals surface area contributed by atoms with E-state index in [0.29, 0.717) is 22.7 Å². The number of benzene rings is 1. The Balaban J connectivity index is 1.88. The summed E-state index contributed by atoms with van der Waals surface area (Å²) in [6.45, 7) is 0.542. The van der Waals surface area contributed by atoms with Crippen LogP contribution in [0, 0.1) is 17.6 Å². The number of halogens is 2. The molecule has 0 saturated heterocycles. The van der Waals surface area contributed by atoms with Crippen molar-refractivity contribution in [2.45, 2.75) is 19.4 Å². The van der Waals surface area contributed by atoms with Gasteiger partial charge in [-0.05, 0) is 37.0 Å². The molecule has 0 spiro atoms. The number of nitrogens with zero attached hydrogens (tertiary/aromatic N) is 1. The number of pyridine rings is 1. The van der Waals surface area contributed by atoms with Crippen LogP contribution < -0.4 is 10.9 Å². The van der Waals surface area contributed by atoms with E-state index in [2.05, 4.69) is 5.32 Å². The van der Waals surface area contributed by atoms with E-state index in [9.17, 15) is 23.5 Å². The molecule has 134 valence electrons. The molecule has 0 unspecified atom stereocenters. The van der Waals surface area contributed by atoms with E-state index in [0.717, 1.165) is 36.3 Å². The van der Waals surface area contributed by atoms with Gasteiger partial charge in [-0.1, -0.05) is 0 Å². The van der Waals surface area contributed by atoms with Crippen LogP contribution in [0.5, 0.6) is 0 Å². The van der Waals surface area contributed by atoms with Crippen LogP contribution in [-0.2, 0) is 6.54 Å². The molecule has 26 heavy (non-hydrogen) atoms. The molecule has 2 heterocycles. The Kier molecular flexibility index (Phi) is 3.99. The number of thiophene rings is 1. The first-order valence-electron chi connectivity index (χ1n) is 8.05. The van der Waals surface area contributed by atoms with Crippen molar-refractivity contribution >= 4 is 38.9 Å². The monoisotopic (exact) mass is 376 g/mol. The summed E-state index contributed by atoms with van der Waals surface area (Å²) in [6.07, 6.45) is 2.10. The molecule has 3 aromatic rings. The van der Waals surface area contributed by atoms with E-state index >= 15 is 0 Å². The summed E-state index contributed by atoms with van der Waals surface area (Å²) in [4.78, 5) is 24.4. The SMILES string of the molecule is O=C(O)c1sc2c(ccc(=O)n2CC2CC2)c1Nc1ccc(F)cc1F. The van der Waals surface area contributed by atoms with Crippen molar-refractivity contribution in [1.29, 1.82) is 0 Å². The molecule has 0 atom stereocenters. The van der Waals surface area contributed by atoms with Gasteiger partial charge in [0.25, 0.3) is 5.56 Å². The lowest BCUT2D eigenvalue weighted by atomic mass is 10.2. The van der Waals surface area contributed by atoms with Crippen LogP contribution in [0.15, 0.2) is 35.1 Å². The third-order valence-electron chi connectivity index (χ3n) is 4.35. The van der Waals surface area contributed by atoms with Crippen LogP contribution in [0.3, 0.4) is 0 Å². The minimum Gasteiger partial charge on any atom is -0.477 e. The van der Waals surface area contributed by atoms with Crippen molar-refractivity contribution in [2.24, 2.45) is 5.92 Å². The van der Waals surface area contributed by atoms with Gasteiger partial charge in [0.05, 0.1) is 11.4 Å². The smallest absolute Gasteiger partial charge is 0.348 e. The molecule has 5 nitrogen and oxygen atoms in total. The Morgan fingerprint density at radius 1 is 1.27 bits per heavy atom. The number of nitrogens with one attached hydrogen (secondary N) is 1. The predicted molar refractivity (Wildman–Crippen MR) is 95.4 cm³/mol. The number of carboxylic acids is 1. The number of anilines is 2. The molecular weight excluding hydrogens is 362 g/mol. The van der Waals surface area contributed by atoms with Gasteiger partial charge in [-0.25, -0.2) is 13.6 Å². The summed E-state index contributed by atoms with van der Waals surface area (Å²) in [5.74, 6) is -2.30. The fourth-order valence-electron chi connectivity index (χ4n) is 2.86. The molecule has 0 bridgehead atoms. The minimum atomic E-state index is -1.18. The maximum absolute atomic E-state index is 14.0. The highest BCUT2D eigenvalue weighted by Crippen LogP contribution is 2.39. The lowest BCUT2D eigenvalue weighted by Gasteiger charge is -2.09. The Hall–Kier alpha value is -2.74. The van der Waals surface area contributed by atoms with Gasteiger partial charge in [0.2, 0.25) is 0 Å². The Morgan fingerprint density at radius 2 is 2.04 bits per heavy atom. The zero-order valence-corrected chi connectivity index (χ0v) is 14.3. The Bertz CT molecular complexity index is 1090. The van der Waals surface area contributed by atoms with Crippen molar-refractivity contribution in [1.82, 2.24) is 4.57 Å². The normalized spacial score (nSPS) is 13.9. The molecule has 1 saturated carbocycles. The first-order chi connectivity index (χ1) is 12.4. The summed E-state index contributed by atoms with van der Waals surface area (Å²) in [7, 11) is 0. The standard InChI is InChI=1S/C18H14F2N2O3S/c19-10-3-5-13(12(20)7-10)21-15-11-4-6-14(23)22(8-9-1-2-9)17(11)26-16(15)18(24)25/h3-7,9,21H,1-2,8H2,(H,24,25). The van der Waals surface area contributed by atoms with E-state index < -0.39 is 17.6 Å². The molecule has 1 fully saturated rings. The average Bonchev–Trinajstić information content (AvgIpc) is 3.32. The first-order valence-corrected chi connectivity index (χ1v) is 8.87. The second-order valence-electron chi connectivity index (χ2n) is 6.30. The number of hydrogen-bond donors (Lipinski definition) is 2. The molecule has 1 aliphatic carbocycles. The average molecular weight is 376 g/mol. The van der Waals surface area contributed by atoms with Crippen LogP contribution in [0.2, 0.25) is 0 Å². The number of carbonyl (C=O) groups is 1. The Labute approximate surface area is 150 Å². The number of aromatic carboxylic acids is 1. The highest BCUT2D eigenvalue weighted by Gasteiger charge is 2.26. The maximum Gasteiger partial charge on any atom is 0.348 e. The second-order valence-corrected chi connectivity index (χ2v) is 7.30. The molecule has 2 N–H and O–H groups in total. The fraction of sp³-hybridized carbons (Fsp3) is 0.222. The van der Waals surface area contributed by atoms with E-state index in [1.807, 2.05) is 0 Å². The number of hydrogen-bond acceptors (Lipinski definition) is 4. The van der Waals surface area contributed by atoms with Gasteiger partial charge in [-0.3, -0.25) is 9.36 Å². The van der Waals surface area contributed by atoms with Gasteiger partial charge in [-0.2, -0.15) is 0 Å². The van der Waals surface area contributed by atoms with Gasteiger partial charge < -0.3 is 10.4 Å². The van der Waals surface area contributed by atoms with Crippen molar-refractivity contribution < 1.29 is 18.7 Å². The van der Waals surface area contributed by atoms with E-state index in [-0.39, 0.29) is 21.8 Å². The molecule has 2 aromatic heterocycles. The number of aromatic nitrogens is 1. The maximum atomic E-state index is 14.0. The van der Waals surface area contributed by atoms with Crippen molar-refractivity contribution in [2.75, 3.05) is 5.32 Å². The van der Waals surface area contributed by atoms with E-state index in [1.165, 1.54) is 18.2 Å². The predicted octanol–water partition coefficient (Wildman–Crippen LogP) is 4.19. The van der Waals surface area contributed by atoms with Crippen molar-refractivity contribution in [3.8, 4) is 0 Å². The van der Waals surface area contributed by atoms with Gasteiger partial charge >= 0.3 is 5.97 Å². The third-order valence-corrected chi connectivity index (χ3v) is 5.57. The van der Waals surface area contributed by atoms with Gasteiger partial charge in [0, 0.05) is 24.1 Å². The lowest BCUT2D eigenvalue weighted by molar-refractivity contribution is 0.0703. The number of carboxylic acid groups (broad SMARTS) is 1. The fourth-order valence-corrected chi connectivity index (χ4v) is 3.96. The summed E-state index contributed by atoms with van der Waals surface area (Å²) in [5.41, 5.74) is -0.0248. The van der Waals surface area contributed by atoms with Crippen LogP contribution in [0.1, 0.15) is 22.5 Å². The van der Waals surface area contributed by atoms with Crippen LogP contribution >= 0.6 is 11.3 Å². The zero-order valence-electron chi connectivity index (χ0n) is 13.5. The van der Waals surface area contributed by atoms with Crippen LogP contribution in [0.4, 0.5) is 20.2 Å². The highest BCUT2D eigenvalue weighted by molar-refractivity contribution is 7.21. The van der Waals surface area contributed by atoms with E-state index in [4.69, 9.17) is 0 Å². The molecule has 8 heteroatoms. The number of fused-ring (bicyclic) bond motifs is 1. The molecule has 0 amide bonds. The zero-order chi connectivity index (χ0) is 18.4. The van der Waals surface area contributed by atoms with Crippen molar-refractivity contribution in [3.63, 3.8) is 0 Å². The topological polar surface area (TPSA) is 71.3 Å². The van der Waals surface area contributed by atoms with Gasteiger partial charge in [0.15, 0.2) is 0 Å². The minimum absolute atomic E-state index is 0.0288. The molecule has 0 radical (unpaired) electrons. The molecule has 0 aliphatic heterocycles. The van der Waals surface area contributed by atoms with Crippen LogP contribution in [0.25, 0.3) is 10.2 Å². The summed E-state index contributed by atoms with van der Waals surface area (Å²) in [5, 5.41) is 12.8. The van der Waals surface area contributed by atoms with Crippen LogP contribution in [-0.4, -0.2) is 15.6 Å². The molecule has 4 rings (SSSR count). The summed E-state index contributed by atoms with van der Waals surface area (Å²) in [6, 6.07) is 5.94. The third kappa shape index (κ3) is 2.96. The van der Waals surface area contributed by atoms with Crippen molar-refractivity contribution in [3.05, 3.63) is 57.2 Å². The largest absolute Gasteiger partial charge is 0.477 e. The molecule has 1 aromatic carbocycles. The summed E-state index contributed by atoms with van der Waals surface area (Å²) >= 11 is 0.975. The quantitative estimate of drug-likeness (QED) is 0.700. The van der Waals surface area contributed by atoms with Gasteiger partial charge in [0.1, 0.15) is 21.3 Å². The lowest BCUT2D eigenvalue weighted by Crippen LogP contribution is -2.19. The second kappa shape index (κ2) is 6.21. The first kappa shape index (κ1) is 16.7. The highest BCUT2D eigenvalue weighted by atomic mass is 32.1.